The monoisotopic (exact) mass is 374 g/mol. The summed E-state index contributed by atoms with van der Waals surface area (Å²) in [5.41, 5.74) is 1.88. The second-order valence-electron chi connectivity index (χ2n) is 5.31. The lowest BCUT2D eigenvalue weighted by molar-refractivity contribution is -0.306. The smallest absolute Gasteiger partial charge is 0.224 e. The molecule has 0 aliphatic rings. The fourth-order valence-electron chi connectivity index (χ4n) is 2.29. The maximum atomic E-state index is 12.3. The van der Waals surface area contributed by atoms with Gasteiger partial charge in [0.25, 0.3) is 0 Å². The van der Waals surface area contributed by atoms with Crippen molar-refractivity contribution in [3.05, 3.63) is 70.2 Å². The number of halogens is 1. The van der Waals surface area contributed by atoms with Gasteiger partial charge >= 0.3 is 0 Å². The minimum Gasteiger partial charge on any atom is -0.550 e. The quantitative estimate of drug-likeness (QED) is 0.806. The van der Waals surface area contributed by atoms with Crippen LogP contribution >= 0.6 is 15.9 Å². The molecule has 1 atom stereocenters. The summed E-state index contributed by atoms with van der Waals surface area (Å²) < 4.78 is 0.936. The van der Waals surface area contributed by atoms with Crippen molar-refractivity contribution in [2.24, 2.45) is 5.92 Å². The van der Waals surface area contributed by atoms with Crippen molar-refractivity contribution >= 4 is 27.8 Å². The third-order valence-electron chi connectivity index (χ3n) is 3.49. The van der Waals surface area contributed by atoms with Gasteiger partial charge in [0.05, 0.1) is 0 Å². The fraction of sp³-hybridized carbons (Fsp3) is 0.222. The van der Waals surface area contributed by atoms with E-state index in [1.807, 2.05) is 54.6 Å². The van der Waals surface area contributed by atoms with E-state index in [4.69, 9.17) is 0 Å². The van der Waals surface area contributed by atoms with Crippen molar-refractivity contribution in [2.75, 3.05) is 0 Å². The average molecular weight is 375 g/mol. The molecule has 0 aromatic heterocycles. The highest BCUT2D eigenvalue weighted by Crippen LogP contribution is 2.16. The zero-order chi connectivity index (χ0) is 16.7. The van der Waals surface area contributed by atoms with Gasteiger partial charge in [0, 0.05) is 22.9 Å². The third-order valence-corrected chi connectivity index (χ3v) is 4.02. The van der Waals surface area contributed by atoms with Gasteiger partial charge < -0.3 is 15.2 Å². The Kier molecular flexibility index (Phi) is 6.35. The Balaban J connectivity index is 2.00. The van der Waals surface area contributed by atoms with Crippen LogP contribution in [0.5, 0.6) is 0 Å². The van der Waals surface area contributed by atoms with Crippen LogP contribution in [-0.2, 0) is 22.6 Å². The van der Waals surface area contributed by atoms with Crippen LogP contribution < -0.4 is 10.4 Å². The normalized spacial score (nSPS) is 11.7. The number of nitrogens with one attached hydrogen (secondary N) is 1. The molecule has 0 radical (unpaired) electrons. The molecule has 2 aromatic rings. The zero-order valence-electron chi connectivity index (χ0n) is 12.5. The molecule has 1 amide bonds. The molecule has 1 N–H and O–H groups in total. The Morgan fingerprint density at radius 1 is 1.00 bits per heavy atom. The maximum Gasteiger partial charge on any atom is 0.224 e. The van der Waals surface area contributed by atoms with Crippen molar-refractivity contribution < 1.29 is 14.7 Å². The summed E-state index contributed by atoms with van der Waals surface area (Å²) in [7, 11) is 0. The van der Waals surface area contributed by atoms with Gasteiger partial charge in [-0.25, -0.2) is 0 Å². The number of aliphatic carboxylic acids is 1. The number of carboxylic acids is 1. The molecule has 0 unspecified atom stereocenters. The van der Waals surface area contributed by atoms with E-state index < -0.39 is 11.9 Å². The number of benzene rings is 2. The van der Waals surface area contributed by atoms with Crippen LogP contribution in [0.25, 0.3) is 0 Å². The molecule has 0 saturated heterocycles. The summed E-state index contributed by atoms with van der Waals surface area (Å²) in [4.78, 5) is 23.2. The van der Waals surface area contributed by atoms with Crippen molar-refractivity contribution in [3.8, 4) is 0 Å². The van der Waals surface area contributed by atoms with Crippen LogP contribution in [0.4, 0.5) is 0 Å². The molecule has 5 heteroatoms. The van der Waals surface area contributed by atoms with Crippen LogP contribution in [0.3, 0.4) is 0 Å². The summed E-state index contributed by atoms with van der Waals surface area (Å²) in [6, 6.07) is 17.0. The first-order chi connectivity index (χ1) is 11.0. The lowest BCUT2D eigenvalue weighted by atomic mass is 9.95. The van der Waals surface area contributed by atoms with Crippen molar-refractivity contribution in [1.82, 2.24) is 5.32 Å². The van der Waals surface area contributed by atoms with Gasteiger partial charge in [0.15, 0.2) is 0 Å². The molecule has 0 heterocycles. The Morgan fingerprint density at radius 2 is 1.65 bits per heavy atom. The second kappa shape index (κ2) is 8.48. The number of carbonyl (C=O) groups excluding carboxylic acids is 2. The average Bonchev–Trinajstić information content (AvgIpc) is 2.54. The fourth-order valence-corrected chi connectivity index (χ4v) is 2.56. The van der Waals surface area contributed by atoms with Gasteiger partial charge in [0.1, 0.15) is 0 Å². The van der Waals surface area contributed by atoms with Crippen LogP contribution in [0.2, 0.25) is 0 Å². The van der Waals surface area contributed by atoms with Crippen molar-refractivity contribution in [2.45, 2.75) is 19.4 Å². The lowest BCUT2D eigenvalue weighted by Gasteiger charge is -2.17. The van der Waals surface area contributed by atoms with Gasteiger partial charge in [0.2, 0.25) is 5.91 Å². The Morgan fingerprint density at radius 3 is 2.26 bits per heavy atom. The number of carbonyl (C=O) groups is 2. The highest BCUT2D eigenvalue weighted by Gasteiger charge is 2.19. The first-order valence-electron chi connectivity index (χ1n) is 7.30. The Hall–Kier alpha value is -2.14. The summed E-state index contributed by atoms with van der Waals surface area (Å²) in [6.45, 7) is 0.379. The predicted octanol–water partition coefficient (Wildman–Crippen LogP) is 2.06. The lowest BCUT2D eigenvalue weighted by Crippen LogP contribution is -2.36. The molecular weight excluding hydrogens is 358 g/mol. The molecule has 4 nitrogen and oxygen atoms in total. The molecule has 0 aliphatic heterocycles. The van der Waals surface area contributed by atoms with E-state index in [9.17, 15) is 14.7 Å². The third kappa shape index (κ3) is 5.87. The number of hydrogen-bond acceptors (Lipinski definition) is 3. The molecule has 0 saturated carbocycles. The zero-order valence-corrected chi connectivity index (χ0v) is 14.1. The highest BCUT2D eigenvalue weighted by molar-refractivity contribution is 9.10. The van der Waals surface area contributed by atoms with Crippen LogP contribution in [0.15, 0.2) is 59.1 Å². The van der Waals surface area contributed by atoms with Gasteiger partial charge in [-0.1, -0.05) is 58.4 Å². The van der Waals surface area contributed by atoms with Crippen LogP contribution in [-0.4, -0.2) is 11.9 Å². The minimum atomic E-state index is -1.22. The van der Waals surface area contributed by atoms with Gasteiger partial charge in [-0.15, -0.1) is 0 Å². The Bertz CT molecular complexity index is 656. The molecule has 0 aliphatic carbocycles. The van der Waals surface area contributed by atoms with Crippen LogP contribution in [0.1, 0.15) is 17.5 Å². The molecule has 23 heavy (non-hydrogen) atoms. The molecule has 0 fully saturated rings. The van der Waals surface area contributed by atoms with Crippen molar-refractivity contribution in [1.29, 1.82) is 0 Å². The van der Waals surface area contributed by atoms with Gasteiger partial charge in [-0.05, 0) is 36.1 Å². The van der Waals surface area contributed by atoms with Gasteiger partial charge in [-0.2, -0.15) is 0 Å². The van der Waals surface area contributed by atoms with E-state index in [0.717, 1.165) is 15.6 Å². The predicted molar refractivity (Wildman–Crippen MR) is 89.2 cm³/mol. The number of carboxylic acid groups (broad SMARTS) is 1. The van der Waals surface area contributed by atoms with E-state index in [1.54, 1.807) is 0 Å². The maximum absolute atomic E-state index is 12.3. The van der Waals surface area contributed by atoms with E-state index in [2.05, 4.69) is 21.2 Å². The number of rotatable bonds is 7. The first-order valence-corrected chi connectivity index (χ1v) is 8.10. The van der Waals surface area contributed by atoms with E-state index in [-0.39, 0.29) is 12.3 Å². The minimum absolute atomic E-state index is 0.277. The standard InChI is InChI=1S/C18H18BrNO3/c19-16-8-6-13(7-9-16)10-15(11-17(21)22)18(23)20-12-14-4-2-1-3-5-14/h1-9,15H,10-12H2,(H,20,23)(H,21,22)/p-1/t15-/m1/s1. The molecular formula is C18H17BrNO3-. The largest absolute Gasteiger partial charge is 0.550 e. The van der Waals surface area contributed by atoms with E-state index in [0.29, 0.717) is 13.0 Å². The van der Waals surface area contributed by atoms with E-state index in [1.165, 1.54) is 0 Å². The highest BCUT2D eigenvalue weighted by atomic mass is 79.9. The summed E-state index contributed by atoms with van der Waals surface area (Å²) >= 11 is 3.35. The topological polar surface area (TPSA) is 69.2 Å². The molecule has 2 rings (SSSR count). The molecule has 2 aromatic carbocycles. The number of amides is 1. The Labute approximate surface area is 143 Å². The summed E-state index contributed by atoms with van der Waals surface area (Å²) in [6.07, 6.45) is 0.0680. The first kappa shape index (κ1) is 17.2. The molecule has 120 valence electrons. The SMILES string of the molecule is O=C([O-])C[C@@H](Cc1ccc(Br)cc1)C(=O)NCc1ccccc1. The summed E-state index contributed by atoms with van der Waals surface area (Å²) in [5, 5.41) is 13.7. The molecule has 0 spiro atoms. The second-order valence-corrected chi connectivity index (χ2v) is 6.22. The molecule has 0 bridgehead atoms. The van der Waals surface area contributed by atoms with Crippen molar-refractivity contribution in [3.63, 3.8) is 0 Å². The van der Waals surface area contributed by atoms with Gasteiger partial charge in [-0.3, -0.25) is 4.79 Å². The van der Waals surface area contributed by atoms with Crippen LogP contribution in [0, 0.1) is 5.92 Å². The number of hydrogen-bond donors (Lipinski definition) is 1. The van der Waals surface area contributed by atoms with E-state index >= 15 is 0 Å². The summed E-state index contributed by atoms with van der Waals surface area (Å²) in [5.74, 6) is -2.15.